The van der Waals surface area contributed by atoms with Crippen LogP contribution in [0.1, 0.15) is 80.9 Å². The number of hydrogen-bond donors (Lipinski definition) is 2. The van der Waals surface area contributed by atoms with Crippen molar-refractivity contribution in [3.63, 3.8) is 0 Å². The standard InChI is InChI=1S/C37H40F3N7O3/c1-25-27-8-9-30-23-42-34-11-10-33(44-47(30)34)36(49)41-12-6-4-3-5-7-17-50-31(20-27)22-32(25)35(48)43-29-19-26(18-28(21-29)37(38,39)40)24-46-15-13-45(2)14-16-46/h10-11,18-23H,3-7,12-17,24H2,1-2H3,(H,41,49)(H,43,48). The summed E-state index contributed by atoms with van der Waals surface area (Å²) in [7, 11) is 2.02. The number of nitrogens with one attached hydrogen (secondary N) is 2. The number of amides is 2. The molecule has 1 fully saturated rings. The highest BCUT2D eigenvalue weighted by Gasteiger charge is 2.32. The molecule has 0 saturated carbocycles. The molecule has 4 bridgehead atoms. The molecule has 2 N–H and O–H groups in total. The van der Waals surface area contributed by atoms with E-state index in [4.69, 9.17) is 4.74 Å². The van der Waals surface area contributed by atoms with Crippen molar-refractivity contribution in [1.82, 2.24) is 29.7 Å². The van der Waals surface area contributed by atoms with Crippen molar-refractivity contribution in [2.45, 2.75) is 51.7 Å². The van der Waals surface area contributed by atoms with Crippen LogP contribution in [0.3, 0.4) is 0 Å². The molecule has 10 nitrogen and oxygen atoms in total. The van der Waals surface area contributed by atoms with Crippen LogP contribution in [-0.4, -0.2) is 82.6 Å². The van der Waals surface area contributed by atoms with Gasteiger partial charge in [0.15, 0.2) is 5.65 Å². The number of anilines is 1. The smallest absolute Gasteiger partial charge is 0.416 e. The summed E-state index contributed by atoms with van der Waals surface area (Å²) in [6.45, 7) is 6.17. The topological polar surface area (TPSA) is 104 Å². The zero-order valence-electron chi connectivity index (χ0n) is 28.2. The Hall–Kier alpha value is -4.93. The fourth-order valence-electron chi connectivity index (χ4n) is 6.07. The van der Waals surface area contributed by atoms with E-state index in [1.54, 1.807) is 43.5 Å². The number of likely N-dealkylation sites (N-methyl/N-ethyl adjacent to an activating group) is 1. The Labute approximate surface area is 289 Å². The van der Waals surface area contributed by atoms with E-state index in [0.29, 0.717) is 53.5 Å². The molecule has 50 heavy (non-hydrogen) atoms. The number of carbonyl (C=O) groups excluding carboxylic acids is 2. The monoisotopic (exact) mass is 687 g/mol. The first-order valence-electron chi connectivity index (χ1n) is 16.9. The fraction of sp³-hybridized carbons (Fsp3) is 0.405. The van der Waals surface area contributed by atoms with E-state index in [0.717, 1.165) is 70.4 Å². The number of nitrogens with zero attached hydrogens (tertiary/aromatic N) is 5. The van der Waals surface area contributed by atoms with Crippen molar-refractivity contribution >= 4 is 23.1 Å². The summed E-state index contributed by atoms with van der Waals surface area (Å²) < 4.78 is 49.6. The molecule has 0 aliphatic carbocycles. The third kappa shape index (κ3) is 8.61. The average molecular weight is 688 g/mol. The molecular formula is C37H40F3N7O3. The van der Waals surface area contributed by atoms with Gasteiger partial charge in [0.25, 0.3) is 11.8 Å². The first-order chi connectivity index (χ1) is 24.0. The first-order valence-corrected chi connectivity index (χ1v) is 16.9. The molecule has 2 aliphatic heterocycles. The van der Waals surface area contributed by atoms with Crippen LogP contribution in [0.2, 0.25) is 0 Å². The van der Waals surface area contributed by atoms with Crippen molar-refractivity contribution in [2.24, 2.45) is 0 Å². The van der Waals surface area contributed by atoms with Gasteiger partial charge in [-0.1, -0.05) is 25.2 Å². The second-order valence-corrected chi connectivity index (χ2v) is 12.8. The first kappa shape index (κ1) is 34.9. The van der Waals surface area contributed by atoms with Crippen LogP contribution in [0.15, 0.2) is 48.7 Å². The van der Waals surface area contributed by atoms with Gasteiger partial charge in [-0.3, -0.25) is 14.5 Å². The quantitative estimate of drug-likeness (QED) is 0.272. The van der Waals surface area contributed by atoms with Crippen LogP contribution >= 0.6 is 0 Å². The number of ether oxygens (including phenoxy) is 1. The highest BCUT2D eigenvalue weighted by atomic mass is 19.4. The third-order valence-electron chi connectivity index (χ3n) is 9.00. The second kappa shape index (κ2) is 15.3. The van der Waals surface area contributed by atoms with Crippen molar-refractivity contribution in [2.75, 3.05) is 51.7 Å². The Bertz CT molecular complexity index is 1940. The Morgan fingerprint density at radius 2 is 1.78 bits per heavy atom. The van der Waals surface area contributed by atoms with Gasteiger partial charge in [0.2, 0.25) is 0 Å². The second-order valence-electron chi connectivity index (χ2n) is 12.8. The van der Waals surface area contributed by atoms with Crippen LogP contribution in [0.25, 0.3) is 5.65 Å². The lowest BCUT2D eigenvalue weighted by Gasteiger charge is -2.32. The number of imidazole rings is 1. The van der Waals surface area contributed by atoms with E-state index >= 15 is 0 Å². The molecular weight excluding hydrogens is 647 g/mol. The van der Waals surface area contributed by atoms with Crippen LogP contribution in [0.5, 0.6) is 5.75 Å². The molecule has 262 valence electrons. The maximum absolute atomic E-state index is 14.0. The number of rotatable bonds is 4. The van der Waals surface area contributed by atoms with E-state index in [-0.39, 0.29) is 22.9 Å². The summed E-state index contributed by atoms with van der Waals surface area (Å²) in [5, 5.41) is 10.1. The number of benzene rings is 2. The van der Waals surface area contributed by atoms with Crippen LogP contribution < -0.4 is 15.4 Å². The lowest BCUT2D eigenvalue weighted by molar-refractivity contribution is -0.137. The number of hydrogen-bond acceptors (Lipinski definition) is 7. The third-order valence-corrected chi connectivity index (χ3v) is 9.00. The minimum Gasteiger partial charge on any atom is -0.494 e. The van der Waals surface area contributed by atoms with Crippen molar-refractivity contribution in [3.05, 3.63) is 87.9 Å². The van der Waals surface area contributed by atoms with Gasteiger partial charge in [0.1, 0.15) is 17.1 Å². The molecule has 4 aromatic rings. The summed E-state index contributed by atoms with van der Waals surface area (Å²) >= 11 is 0. The number of carbonyl (C=O) groups is 2. The molecule has 2 aromatic heterocycles. The largest absolute Gasteiger partial charge is 0.494 e. The molecule has 4 heterocycles. The molecule has 13 heteroatoms. The lowest BCUT2D eigenvalue weighted by atomic mass is 10.0. The summed E-state index contributed by atoms with van der Waals surface area (Å²) in [5.41, 5.74) is 2.14. The van der Waals surface area contributed by atoms with Gasteiger partial charge < -0.3 is 20.3 Å². The molecule has 2 aromatic carbocycles. The Kier molecular flexibility index (Phi) is 10.7. The van der Waals surface area contributed by atoms with Gasteiger partial charge in [-0.05, 0) is 86.3 Å². The Morgan fingerprint density at radius 1 is 1.00 bits per heavy atom. The highest BCUT2D eigenvalue weighted by Crippen LogP contribution is 2.33. The van der Waals surface area contributed by atoms with Gasteiger partial charge >= 0.3 is 6.18 Å². The van der Waals surface area contributed by atoms with Crippen LogP contribution in [0, 0.1) is 18.8 Å². The number of piperazine rings is 1. The Balaban J connectivity index is 1.33. The van der Waals surface area contributed by atoms with Gasteiger partial charge in [0.05, 0.1) is 18.4 Å². The minimum atomic E-state index is -4.58. The molecule has 0 atom stereocenters. The summed E-state index contributed by atoms with van der Waals surface area (Å²) in [5.74, 6) is 5.74. The zero-order valence-corrected chi connectivity index (χ0v) is 28.2. The zero-order chi connectivity index (χ0) is 35.3. The van der Waals surface area contributed by atoms with Gasteiger partial charge in [-0.25, -0.2) is 9.50 Å². The molecule has 1 saturated heterocycles. The number of halogens is 3. The van der Waals surface area contributed by atoms with Crippen LogP contribution in [0.4, 0.5) is 18.9 Å². The summed E-state index contributed by atoms with van der Waals surface area (Å²) in [4.78, 5) is 35.2. The molecule has 2 aliphatic rings. The Morgan fingerprint density at radius 3 is 2.58 bits per heavy atom. The van der Waals surface area contributed by atoms with Crippen LogP contribution in [-0.2, 0) is 12.7 Å². The number of aromatic nitrogens is 3. The van der Waals surface area contributed by atoms with E-state index in [9.17, 15) is 22.8 Å². The maximum Gasteiger partial charge on any atom is 0.416 e. The lowest BCUT2D eigenvalue weighted by Crippen LogP contribution is -2.43. The molecule has 0 unspecified atom stereocenters. The maximum atomic E-state index is 14.0. The highest BCUT2D eigenvalue weighted by molar-refractivity contribution is 6.06. The van der Waals surface area contributed by atoms with Crippen molar-refractivity contribution in [3.8, 4) is 17.6 Å². The summed E-state index contributed by atoms with van der Waals surface area (Å²) in [6, 6.07) is 10.4. The predicted octanol–water partition coefficient (Wildman–Crippen LogP) is 5.53. The molecule has 0 spiro atoms. The SMILES string of the molecule is Cc1c2cc(cc1C(=O)Nc1cc(CN3CCN(C)CC3)cc(C(F)(F)F)c1)OCCCCCCCNC(=O)c1ccc3ncc(n3n1)C#C2. The predicted molar refractivity (Wildman–Crippen MR) is 183 cm³/mol. The molecule has 2 amide bonds. The van der Waals surface area contributed by atoms with E-state index in [1.165, 1.54) is 4.52 Å². The van der Waals surface area contributed by atoms with Crippen molar-refractivity contribution in [1.29, 1.82) is 0 Å². The normalized spacial score (nSPS) is 16.8. The number of fused-ring (bicyclic) bond motifs is 3. The summed E-state index contributed by atoms with van der Waals surface area (Å²) in [6.07, 6.45) is 1.42. The molecule has 6 rings (SSSR count). The van der Waals surface area contributed by atoms with Gasteiger partial charge in [0, 0.05) is 56.1 Å². The van der Waals surface area contributed by atoms with Gasteiger partial charge in [-0.2, -0.15) is 18.3 Å². The number of alkyl halides is 3. The van der Waals surface area contributed by atoms with E-state index in [2.05, 4.69) is 42.4 Å². The minimum absolute atomic E-state index is 0.0568. The van der Waals surface area contributed by atoms with E-state index in [1.807, 2.05) is 7.05 Å². The molecule has 0 radical (unpaired) electrons. The van der Waals surface area contributed by atoms with E-state index < -0.39 is 17.6 Å². The van der Waals surface area contributed by atoms with Crippen molar-refractivity contribution < 1.29 is 27.5 Å². The average Bonchev–Trinajstić information content (AvgIpc) is 3.49. The van der Waals surface area contributed by atoms with Gasteiger partial charge in [-0.15, -0.1) is 0 Å². The fourth-order valence-corrected chi connectivity index (χ4v) is 6.07.